The van der Waals surface area contributed by atoms with Gasteiger partial charge >= 0.3 is 5.97 Å². The molecule has 6 nitrogen and oxygen atoms in total. The molecule has 2 rings (SSSR count). The zero-order valence-electron chi connectivity index (χ0n) is 10.5. The molecule has 0 saturated heterocycles. The summed E-state index contributed by atoms with van der Waals surface area (Å²) in [7, 11) is 2.95. The number of hydrogen-bond acceptors (Lipinski definition) is 4. The second kappa shape index (κ2) is 5.01. The average Bonchev–Trinajstić information content (AvgIpc) is 2.40. The molecule has 0 saturated carbocycles. The molecule has 100 valence electrons. The fraction of sp³-hybridized carbons (Fsp3) is 0.231. The Morgan fingerprint density at radius 2 is 1.89 bits per heavy atom. The zero-order valence-corrected chi connectivity index (χ0v) is 10.5. The van der Waals surface area contributed by atoms with Gasteiger partial charge in [-0.2, -0.15) is 0 Å². The fourth-order valence-electron chi connectivity index (χ4n) is 1.91. The summed E-state index contributed by atoms with van der Waals surface area (Å²) in [5, 5.41) is 9.26. The van der Waals surface area contributed by atoms with Gasteiger partial charge in [-0.3, -0.25) is 9.59 Å². The summed E-state index contributed by atoms with van der Waals surface area (Å²) in [6.45, 7) is -0.230. The highest BCUT2D eigenvalue weighted by molar-refractivity contribution is 5.84. The van der Waals surface area contributed by atoms with E-state index in [0.717, 1.165) is 0 Å². The van der Waals surface area contributed by atoms with Gasteiger partial charge < -0.3 is 19.1 Å². The standard InChI is InChI=1S/C13H13NO5/c1-18-11-5-8-9(6-12(11)19-2)14(7-13(16)17)4-3-10(8)15/h3-6H,7H2,1-2H3,(H,16,17). The Bertz CT molecular complexity index is 689. The van der Waals surface area contributed by atoms with Crippen LogP contribution in [-0.4, -0.2) is 29.9 Å². The molecule has 19 heavy (non-hydrogen) atoms. The number of fused-ring (bicyclic) bond motifs is 1. The third-order valence-electron chi connectivity index (χ3n) is 2.79. The van der Waals surface area contributed by atoms with Gasteiger partial charge in [-0.15, -0.1) is 0 Å². The topological polar surface area (TPSA) is 77.8 Å². The van der Waals surface area contributed by atoms with Gasteiger partial charge in [0.05, 0.1) is 19.7 Å². The maximum atomic E-state index is 11.8. The minimum absolute atomic E-state index is 0.197. The molecule has 1 aromatic heterocycles. The Morgan fingerprint density at radius 3 is 2.47 bits per heavy atom. The van der Waals surface area contributed by atoms with Crippen LogP contribution >= 0.6 is 0 Å². The molecule has 0 atom stereocenters. The molecule has 1 N–H and O–H groups in total. The smallest absolute Gasteiger partial charge is 0.323 e. The Hall–Kier alpha value is -2.50. The summed E-state index contributed by atoms with van der Waals surface area (Å²) in [5.41, 5.74) is 0.296. The molecule has 0 unspecified atom stereocenters. The van der Waals surface area contributed by atoms with E-state index in [9.17, 15) is 9.59 Å². The number of methoxy groups -OCH3 is 2. The van der Waals surface area contributed by atoms with Gasteiger partial charge in [0.1, 0.15) is 6.54 Å². The van der Waals surface area contributed by atoms with E-state index in [1.54, 1.807) is 12.1 Å². The third kappa shape index (κ3) is 2.37. The number of carboxylic acid groups (broad SMARTS) is 1. The van der Waals surface area contributed by atoms with Crippen LogP contribution in [0.4, 0.5) is 0 Å². The fourth-order valence-corrected chi connectivity index (χ4v) is 1.91. The van der Waals surface area contributed by atoms with Crippen molar-refractivity contribution in [2.45, 2.75) is 6.54 Å². The molecule has 2 aromatic rings. The third-order valence-corrected chi connectivity index (χ3v) is 2.79. The highest BCUT2D eigenvalue weighted by Crippen LogP contribution is 2.30. The average molecular weight is 263 g/mol. The highest BCUT2D eigenvalue weighted by atomic mass is 16.5. The molecular formula is C13H13NO5. The zero-order chi connectivity index (χ0) is 14.0. The van der Waals surface area contributed by atoms with Crippen LogP contribution in [0.25, 0.3) is 10.9 Å². The maximum absolute atomic E-state index is 11.8. The largest absolute Gasteiger partial charge is 0.493 e. The first-order valence-electron chi connectivity index (χ1n) is 5.53. The Kier molecular flexibility index (Phi) is 3.41. The molecule has 0 aliphatic carbocycles. The summed E-state index contributed by atoms with van der Waals surface area (Å²) < 4.78 is 11.8. The van der Waals surface area contributed by atoms with E-state index in [1.165, 1.54) is 31.0 Å². The van der Waals surface area contributed by atoms with Crippen LogP contribution in [0.2, 0.25) is 0 Å². The molecule has 6 heteroatoms. The number of benzene rings is 1. The maximum Gasteiger partial charge on any atom is 0.323 e. The van der Waals surface area contributed by atoms with Crippen LogP contribution in [-0.2, 0) is 11.3 Å². The molecule has 0 spiro atoms. The van der Waals surface area contributed by atoms with Crippen molar-refractivity contribution in [1.82, 2.24) is 4.57 Å². The van der Waals surface area contributed by atoms with Crippen molar-refractivity contribution in [3.63, 3.8) is 0 Å². The lowest BCUT2D eigenvalue weighted by atomic mass is 10.2. The molecule has 0 aliphatic heterocycles. The van der Waals surface area contributed by atoms with Crippen molar-refractivity contribution in [1.29, 1.82) is 0 Å². The van der Waals surface area contributed by atoms with Crippen molar-refractivity contribution in [3.05, 3.63) is 34.6 Å². The quantitative estimate of drug-likeness (QED) is 0.893. The van der Waals surface area contributed by atoms with Crippen molar-refractivity contribution >= 4 is 16.9 Å². The second-order valence-electron chi connectivity index (χ2n) is 3.93. The van der Waals surface area contributed by atoms with Crippen molar-refractivity contribution in [2.24, 2.45) is 0 Å². The lowest BCUT2D eigenvalue weighted by molar-refractivity contribution is -0.137. The van der Waals surface area contributed by atoms with Crippen LogP contribution in [0, 0.1) is 0 Å². The van der Waals surface area contributed by atoms with Crippen LogP contribution < -0.4 is 14.9 Å². The molecule has 0 amide bonds. The molecule has 0 aliphatic rings. The predicted molar refractivity (Wildman–Crippen MR) is 68.9 cm³/mol. The monoisotopic (exact) mass is 263 g/mol. The van der Waals surface area contributed by atoms with Crippen LogP contribution in [0.1, 0.15) is 0 Å². The van der Waals surface area contributed by atoms with Gasteiger partial charge in [0.15, 0.2) is 16.9 Å². The molecule has 0 fully saturated rings. The molecule has 1 heterocycles. The number of hydrogen-bond donors (Lipinski definition) is 1. The number of carboxylic acids is 1. The van der Waals surface area contributed by atoms with Gasteiger partial charge in [-0.1, -0.05) is 0 Å². The minimum atomic E-state index is -0.986. The number of nitrogens with zero attached hydrogens (tertiary/aromatic N) is 1. The van der Waals surface area contributed by atoms with E-state index < -0.39 is 5.97 Å². The second-order valence-corrected chi connectivity index (χ2v) is 3.93. The van der Waals surface area contributed by atoms with Crippen molar-refractivity contribution in [3.8, 4) is 11.5 Å². The van der Waals surface area contributed by atoms with E-state index in [1.807, 2.05) is 0 Å². The molecular weight excluding hydrogens is 250 g/mol. The number of carbonyl (C=O) groups is 1. The first-order chi connectivity index (χ1) is 9.06. The Labute approximate surface area is 108 Å². The minimum Gasteiger partial charge on any atom is -0.493 e. The van der Waals surface area contributed by atoms with Crippen molar-refractivity contribution in [2.75, 3.05) is 14.2 Å². The molecule has 1 aromatic carbocycles. The summed E-state index contributed by atoms with van der Waals surface area (Å²) in [6, 6.07) is 4.48. The van der Waals surface area contributed by atoms with Gasteiger partial charge in [-0.05, 0) is 6.07 Å². The Morgan fingerprint density at radius 1 is 1.26 bits per heavy atom. The summed E-state index contributed by atoms with van der Waals surface area (Å²) >= 11 is 0. The van der Waals surface area contributed by atoms with E-state index in [-0.39, 0.29) is 12.0 Å². The number of rotatable bonds is 4. The molecule has 0 radical (unpaired) electrons. The SMILES string of the molecule is COc1cc2c(=O)ccn(CC(=O)O)c2cc1OC. The summed E-state index contributed by atoms with van der Waals surface area (Å²) in [4.78, 5) is 22.6. The number of aromatic nitrogens is 1. The first kappa shape index (κ1) is 12.9. The van der Waals surface area contributed by atoms with Gasteiger partial charge in [0.2, 0.25) is 0 Å². The van der Waals surface area contributed by atoms with Gasteiger partial charge in [0, 0.05) is 23.7 Å². The van der Waals surface area contributed by atoms with E-state index >= 15 is 0 Å². The predicted octanol–water partition coefficient (Wildman–Crippen LogP) is 1.10. The van der Waals surface area contributed by atoms with Gasteiger partial charge in [0.25, 0.3) is 0 Å². The lowest BCUT2D eigenvalue weighted by Gasteiger charge is -2.12. The Balaban J connectivity index is 2.77. The van der Waals surface area contributed by atoms with Crippen molar-refractivity contribution < 1.29 is 19.4 Å². The first-order valence-corrected chi connectivity index (χ1v) is 5.53. The van der Waals surface area contributed by atoms with E-state index in [2.05, 4.69) is 0 Å². The number of aliphatic carboxylic acids is 1. The normalized spacial score (nSPS) is 10.4. The van der Waals surface area contributed by atoms with Crippen LogP contribution in [0.3, 0.4) is 0 Å². The van der Waals surface area contributed by atoms with E-state index in [0.29, 0.717) is 22.4 Å². The molecule has 0 bridgehead atoms. The van der Waals surface area contributed by atoms with E-state index in [4.69, 9.17) is 14.6 Å². The lowest BCUT2D eigenvalue weighted by Crippen LogP contribution is -2.13. The summed E-state index contributed by atoms with van der Waals surface area (Å²) in [5.74, 6) is -0.111. The van der Waals surface area contributed by atoms with Crippen LogP contribution in [0.15, 0.2) is 29.2 Å². The van der Waals surface area contributed by atoms with Gasteiger partial charge in [-0.25, -0.2) is 0 Å². The number of pyridine rings is 1. The number of ether oxygens (including phenoxy) is 2. The van der Waals surface area contributed by atoms with Crippen LogP contribution in [0.5, 0.6) is 11.5 Å². The highest BCUT2D eigenvalue weighted by Gasteiger charge is 2.11. The summed E-state index contributed by atoms with van der Waals surface area (Å²) in [6.07, 6.45) is 1.45.